The molecule has 0 heterocycles. The first-order valence-corrected chi connectivity index (χ1v) is 4.76. The lowest BCUT2D eigenvalue weighted by Gasteiger charge is -2.11. The van der Waals surface area contributed by atoms with Gasteiger partial charge in [0.1, 0.15) is 0 Å². The van der Waals surface area contributed by atoms with Crippen molar-refractivity contribution in [1.29, 1.82) is 0 Å². The van der Waals surface area contributed by atoms with Crippen LogP contribution < -0.4 is 0 Å². The summed E-state index contributed by atoms with van der Waals surface area (Å²) in [7, 11) is 0. The van der Waals surface area contributed by atoms with Crippen molar-refractivity contribution in [1.82, 2.24) is 0 Å². The second kappa shape index (κ2) is 5.79. The molecular formula is C7H10Cl3NO. The van der Waals surface area contributed by atoms with E-state index < -0.39 is 4.33 Å². The first-order valence-electron chi connectivity index (χ1n) is 3.47. The van der Waals surface area contributed by atoms with Crippen LogP contribution in [0.5, 0.6) is 0 Å². The number of amides is 1. The van der Waals surface area contributed by atoms with Gasteiger partial charge in [0.05, 0.1) is 0 Å². The van der Waals surface area contributed by atoms with Crippen molar-refractivity contribution in [2.75, 3.05) is 5.88 Å². The molecule has 0 fully saturated rings. The second-order valence-electron chi connectivity index (χ2n) is 2.33. The van der Waals surface area contributed by atoms with E-state index in [0.717, 1.165) is 0 Å². The predicted molar refractivity (Wildman–Crippen MR) is 53.6 cm³/mol. The van der Waals surface area contributed by atoms with Crippen LogP contribution in [-0.4, -0.2) is 22.3 Å². The fourth-order valence-corrected chi connectivity index (χ4v) is 1.05. The van der Waals surface area contributed by atoms with E-state index in [9.17, 15) is 4.79 Å². The highest BCUT2D eigenvalue weighted by molar-refractivity contribution is 6.56. The minimum atomic E-state index is -1.07. The van der Waals surface area contributed by atoms with E-state index in [0.29, 0.717) is 18.7 Å². The number of nitrogens with zero attached hydrogens (tertiary/aromatic N) is 1. The van der Waals surface area contributed by atoms with Crippen LogP contribution in [0, 0.1) is 0 Å². The van der Waals surface area contributed by atoms with Crippen LogP contribution in [0.3, 0.4) is 0 Å². The molecule has 1 amide bonds. The summed E-state index contributed by atoms with van der Waals surface area (Å²) in [5.41, 5.74) is 0. The lowest BCUT2D eigenvalue weighted by molar-refractivity contribution is -0.115. The van der Waals surface area contributed by atoms with Gasteiger partial charge in [0.15, 0.2) is 4.33 Å². The number of carbonyl (C=O) groups is 1. The van der Waals surface area contributed by atoms with Crippen LogP contribution >= 0.6 is 34.8 Å². The van der Waals surface area contributed by atoms with Crippen LogP contribution in [0.2, 0.25) is 0 Å². The molecule has 5 heteroatoms. The molecule has 70 valence electrons. The normalized spacial score (nSPS) is 12.3. The summed E-state index contributed by atoms with van der Waals surface area (Å²) >= 11 is 17.0. The lowest BCUT2D eigenvalue weighted by atomic mass is 10.2. The Hall–Kier alpha value is 0.210. The van der Waals surface area contributed by atoms with Gasteiger partial charge in [-0.1, -0.05) is 23.2 Å². The van der Waals surface area contributed by atoms with Gasteiger partial charge >= 0.3 is 0 Å². The number of rotatable bonds is 4. The molecule has 0 bridgehead atoms. The molecule has 0 aromatic rings. The summed E-state index contributed by atoms with van der Waals surface area (Å²) < 4.78 is -1.07. The Kier molecular flexibility index (Phi) is 5.89. The Labute approximate surface area is 86.9 Å². The molecule has 0 radical (unpaired) electrons. The highest BCUT2D eigenvalue weighted by atomic mass is 35.5. The second-order valence-corrected chi connectivity index (χ2v) is 4.25. The number of aliphatic imine (C=N–C) groups is 1. The van der Waals surface area contributed by atoms with Gasteiger partial charge in [0, 0.05) is 19.0 Å². The van der Waals surface area contributed by atoms with E-state index in [-0.39, 0.29) is 5.91 Å². The van der Waals surface area contributed by atoms with Gasteiger partial charge in [0.2, 0.25) is 5.91 Å². The van der Waals surface area contributed by atoms with Gasteiger partial charge < -0.3 is 0 Å². The summed E-state index contributed by atoms with van der Waals surface area (Å²) in [5.74, 6) is 0.182. The molecule has 12 heavy (non-hydrogen) atoms. The number of hydrogen-bond donors (Lipinski definition) is 0. The van der Waals surface area contributed by atoms with Crippen LogP contribution in [0.1, 0.15) is 19.8 Å². The van der Waals surface area contributed by atoms with E-state index in [1.807, 2.05) is 0 Å². The molecule has 0 atom stereocenters. The molecular weight excluding hydrogens is 220 g/mol. The van der Waals surface area contributed by atoms with E-state index >= 15 is 0 Å². The molecule has 2 nitrogen and oxygen atoms in total. The topological polar surface area (TPSA) is 29.4 Å². The first-order chi connectivity index (χ1) is 5.48. The van der Waals surface area contributed by atoms with Crippen molar-refractivity contribution >= 4 is 46.9 Å². The third kappa shape index (κ3) is 6.89. The molecule has 0 aliphatic heterocycles. The maximum Gasteiger partial charge on any atom is 0.242 e. The number of hydrogen-bond acceptors (Lipinski definition) is 1. The van der Waals surface area contributed by atoms with E-state index in [1.54, 1.807) is 0 Å². The minimum Gasteiger partial charge on any atom is -0.273 e. The number of alkyl halides is 3. The SMILES string of the molecule is CC(=O)N=CC(Cl)(Cl)CCCCl. The monoisotopic (exact) mass is 229 g/mol. The van der Waals surface area contributed by atoms with Crippen molar-refractivity contribution in [3.63, 3.8) is 0 Å². The Bertz CT molecular complexity index is 179. The predicted octanol–water partition coefficient (Wildman–Crippen LogP) is 2.80. The zero-order valence-electron chi connectivity index (χ0n) is 6.69. The molecule has 0 aliphatic rings. The van der Waals surface area contributed by atoms with Gasteiger partial charge in [-0.15, -0.1) is 11.6 Å². The summed E-state index contributed by atoms with van der Waals surface area (Å²) in [6.45, 7) is 1.34. The lowest BCUT2D eigenvalue weighted by Crippen LogP contribution is -2.15. The van der Waals surface area contributed by atoms with Crippen LogP contribution in [0.25, 0.3) is 0 Å². The third-order valence-corrected chi connectivity index (χ3v) is 1.92. The fraction of sp³-hybridized carbons (Fsp3) is 0.714. The average molecular weight is 231 g/mol. The largest absolute Gasteiger partial charge is 0.273 e. The molecule has 0 rings (SSSR count). The van der Waals surface area contributed by atoms with Crippen LogP contribution in [0.15, 0.2) is 4.99 Å². The first kappa shape index (κ1) is 12.2. The molecule has 0 aromatic heterocycles. The Morgan fingerprint density at radius 2 is 2.17 bits per heavy atom. The van der Waals surface area contributed by atoms with Crippen LogP contribution in [-0.2, 0) is 4.79 Å². The van der Waals surface area contributed by atoms with Crippen molar-refractivity contribution < 1.29 is 4.79 Å². The van der Waals surface area contributed by atoms with Gasteiger partial charge in [-0.05, 0) is 12.8 Å². The van der Waals surface area contributed by atoms with Crippen molar-refractivity contribution in [2.24, 2.45) is 4.99 Å². The fourth-order valence-electron chi connectivity index (χ4n) is 0.552. The maximum atomic E-state index is 10.4. The molecule has 0 spiro atoms. The van der Waals surface area contributed by atoms with Crippen molar-refractivity contribution in [2.45, 2.75) is 24.1 Å². The molecule has 0 saturated carbocycles. The molecule has 0 saturated heterocycles. The Morgan fingerprint density at radius 3 is 2.58 bits per heavy atom. The molecule has 0 unspecified atom stereocenters. The summed E-state index contributed by atoms with van der Waals surface area (Å²) in [6, 6.07) is 0. The summed E-state index contributed by atoms with van der Waals surface area (Å²) in [5, 5.41) is 0. The van der Waals surface area contributed by atoms with Gasteiger partial charge in [-0.3, -0.25) is 4.79 Å². The van der Waals surface area contributed by atoms with Crippen molar-refractivity contribution in [3.05, 3.63) is 0 Å². The van der Waals surface area contributed by atoms with Gasteiger partial charge in [0.25, 0.3) is 0 Å². The smallest absolute Gasteiger partial charge is 0.242 e. The summed E-state index contributed by atoms with van der Waals surface area (Å²) in [4.78, 5) is 13.9. The number of halogens is 3. The maximum absolute atomic E-state index is 10.4. The third-order valence-electron chi connectivity index (χ3n) is 1.08. The summed E-state index contributed by atoms with van der Waals surface area (Å²) in [6.07, 6.45) is 2.43. The van der Waals surface area contributed by atoms with E-state index in [4.69, 9.17) is 34.8 Å². The quantitative estimate of drug-likeness (QED) is 0.539. The van der Waals surface area contributed by atoms with Crippen LogP contribution in [0.4, 0.5) is 0 Å². The molecule has 0 aliphatic carbocycles. The average Bonchev–Trinajstić information content (AvgIpc) is 1.98. The molecule has 0 aromatic carbocycles. The molecule has 0 N–H and O–H groups in total. The number of carbonyl (C=O) groups excluding carboxylic acids is 1. The van der Waals surface area contributed by atoms with E-state index in [1.165, 1.54) is 13.1 Å². The highest BCUT2D eigenvalue weighted by Crippen LogP contribution is 2.24. The minimum absolute atomic E-state index is 0.313. The van der Waals surface area contributed by atoms with Crippen molar-refractivity contribution in [3.8, 4) is 0 Å². The Balaban J connectivity index is 3.93. The van der Waals surface area contributed by atoms with Gasteiger partial charge in [-0.2, -0.15) is 0 Å². The highest BCUT2D eigenvalue weighted by Gasteiger charge is 2.20. The standard InChI is InChI=1S/C7H10Cl3NO/c1-6(12)11-5-7(9,10)3-2-4-8/h5H,2-4H2,1H3. The zero-order chi connectivity index (χ0) is 9.61. The van der Waals surface area contributed by atoms with Gasteiger partial charge in [-0.25, -0.2) is 4.99 Å². The Morgan fingerprint density at radius 1 is 1.58 bits per heavy atom. The zero-order valence-corrected chi connectivity index (χ0v) is 8.96. The van der Waals surface area contributed by atoms with E-state index in [2.05, 4.69) is 4.99 Å².